The summed E-state index contributed by atoms with van der Waals surface area (Å²) >= 11 is 5.93. The zero-order chi connectivity index (χ0) is 20.6. The van der Waals surface area contributed by atoms with E-state index in [9.17, 15) is 9.59 Å². The van der Waals surface area contributed by atoms with Crippen LogP contribution in [0.3, 0.4) is 0 Å². The van der Waals surface area contributed by atoms with Crippen molar-refractivity contribution in [3.05, 3.63) is 64.2 Å². The van der Waals surface area contributed by atoms with Gasteiger partial charge in [-0.05, 0) is 35.9 Å². The topological polar surface area (TPSA) is 91.7 Å². The Labute approximate surface area is 173 Å². The first-order valence-electron chi connectivity index (χ1n) is 9.11. The zero-order valence-corrected chi connectivity index (χ0v) is 16.4. The molecule has 0 aromatic heterocycles. The first-order chi connectivity index (χ1) is 14.0. The van der Waals surface area contributed by atoms with Crippen LogP contribution in [0, 0.1) is 11.3 Å². The summed E-state index contributed by atoms with van der Waals surface area (Å²) in [4.78, 5) is 26.4. The van der Waals surface area contributed by atoms with E-state index >= 15 is 0 Å². The molecule has 1 N–H and O–H groups in total. The van der Waals surface area contributed by atoms with Gasteiger partial charge in [-0.3, -0.25) is 9.69 Å². The summed E-state index contributed by atoms with van der Waals surface area (Å²) in [6.45, 7) is 3.63. The number of halogens is 1. The van der Waals surface area contributed by atoms with Crippen LogP contribution in [0.1, 0.15) is 21.5 Å². The third-order valence-electron chi connectivity index (χ3n) is 4.41. The molecule has 1 heterocycles. The summed E-state index contributed by atoms with van der Waals surface area (Å²) in [6, 6.07) is 13.6. The molecule has 1 amide bonds. The van der Waals surface area contributed by atoms with Crippen LogP contribution >= 0.6 is 11.6 Å². The van der Waals surface area contributed by atoms with Gasteiger partial charge in [0.25, 0.3) is 5.91 Å². The van der Waals surface area contributed by atoms with Gasteiger partial charge in [0.15, 0.2) is 6.61 Å². The highest BCUT2D eigenvalue weighted by Crippen LogP contribution is 2.20. The number of nitrogens with one attached hydrogen (secondary N) is 1. The van der Waals surface area contributed by atoms with Crippen molar-refractivity contribution in [2.24, 2.45) is 0 Å². The minimum Gasteiger partial charge on any atom is -0.452 e. The maximum Gasteiger partial charge on any atom is 0.338 e. The average Bonchev–Trinajstić information content (AvgIpc) is 2.73. The van der Waals surface area contributed by atoms with E-state index in [1.807, 2.05) is 18.2 Å². The first-order valence-corrected chi connectivity index (χ1v) is 9.48. The van der Waals surface area contributed by atoms with Crippen molar-refractivity contribution in [1.29, 1.82) is 5.26 Å². The van der Waals surface area contributed by atoms with E-state index in [1.165, 1.54) is 12.1 Å². The highest BCUT2D eigenvalue weighted by molar-refractivity contribution is 6.32. The minimum atomic E-state index is -0.573. The molecule has 0 unspecified atom stereocenters. The van der Waals surface area contributed by atoms with Crippen molar-refractivity contribution < 1.29 is 19.1 Å². The summed E-state index contributed by atoms with van der Waals surface area (Å²) in [6.07, 6.45) is 0. The van der Waals surface area contributed by atoms with E-state index in [1.54, 1.807) is 18.2 Å². The lowest BCUT2D eigenvalue weighted by molar-refractivity contribution is -0.119. The van der Waals surface area contributed by atoms with Gasteiger partial charge in [-0.1, -0.05) is 23.7 Å². The fourth-order valence-electron chi connectivity index (χ4n) is 2.86. The standard InChI is InChI=1S/C21H20ClN3O4/c22-19-11-18(6-5-17(19)12-23)24-20(26)14-29-21(27)16-3-1-15(2-4-16)13-25-7-9-28-10-8-25/h1-6,11H,7-10,13-14H2,(H,24,26). The lowest BCUT2D eigenvalue weighted by Gasteiger charge is -2.26. The van der Waals surface area contributed by atoms with Crippen LogP contribution in [0.5, 0.6) is 0 Å². The first kappa shape index (κ1) is 20.8. The van der Waals surface area contributed by atoms with Crippen LogP contribution in [0.25, 0.3) is 0 Å². The number of amides is 1. The molecule has 1 aliphatic rings. The van der Waals surface area contributed by atoms with Crippen molar-refractivity contribution in [2.75, 3.05) is 38.2 Å². The molecule has 2 aromatic carbocycles. The third kappa shape index (κ3) is 6.03. The Balaban J connectivity index is 1.47. The normalized spacial score (nSPS) is 14.1. The van der Waals surface area contributed by atoms with Crippen molar-refractivity contribution in [2.45, 2.75) is 6.54 Å². The second-order valence-electron chi connectivity index (χ2n) is 6.52. The summed E-state index contributed by atoms with van der Waals surface area (Å²) in [7, 11) is 0. The Morgan fingerprint density at radius 3 is 2.55 bits per heavy atom. The number of anilines is 1. The fourth-order valence-corrected chi connectivity index (χ4v) is 3.08. The molecule has 8 heteroatoms. The summed E-state index contributed by atoms with van der Waals surface area (Å²) in [5.41, 5.74) is 2.21. The molecular weight excluding hydrogens is 394 g/mol. The molecule has 3 rings (SSSR count). The second kappa shape index (κ2) is 10.0. The predicted octanol–water partition coefficient (Wildman–Crippen LogP) is 2.84. The SMILES string of the molecule is N#Cc1ccc(NC(=O)COC(=O)c2ccc(CN3CCOCC3)cc2)cc1Cl. The summed E-state index contributed by atoms with van der Waals surface area (Å²) in [5.74, 6) is -1.07. The Morgan fingerprint density at radius 1 is 1.17 bits per heavy atom. The lowest BCUT2D eigenvalue weighted by atomic mass is 10.1. The molecule has 0 spiro atoms. The van der Waals surface area contributed by atoms with Gasteiger partial charge in [0.1, 0.15) is 6.07 Å². The number of carbonyl (C=O) groups is 2. The third-order valence-corrected chi connectivity index (χ3v) is 4.72. The number of hydrogen-bond acceptors (Lipinski definition) is 6. The number of ether oxygens (including phenoxy) is 2. The van der Waals surface area contributed by atoms with Gasteiger partial charge in [-0.25, -0.2) is 4.79 Å². The van der Waals surface area contributed by atoms with E-state index < -0.39 is 18.5 Å². The van der Waals surface area contributed by atoms with Gasteiger partial charge in [-0.2, -0.15) is 5.26 Å². The summed E-state index contributed by atoms with van der Waals surface area (Å²) < 4.78 is 10.4. The molecule has 1 saturated heterocycles. The van der Waals surface area contributed by atoms with Crippen LogP contribution in [0.15, 0.2) is 42.5 Å². The molecule has 0 aliphatic carbocycles. The quantitative estimate of drug-likeness (QED) is 0.732. The average molecular weight is 414 g/mol. The highest BCUT2D eigenvalue weighted by atomic mass is 35.5. The number of nitriles is 1. The monoisotopic (exact) mass is 413 g/mol. The van der Waals surface area contributed by atoms with Gasteiger partial charge in [0.05, 0.1) is 29.4 Å². The molecule has 29 heavy (non-hydrogen) atoms. The van der Waals surface area contributed by atoms with E-state index in [2.05, 4.69) is 10.2 Å². The maximum absolute atomic E-state index is 12.2. The predicted molar refractivity (Wildman–Crippen MR) is 108 cm³/mol. The number of benzene rings is 2. The molecule has 1 aliphatic heterocycles. The largest absolute Gasteiger partial charge is 0.452 e. The lowest BCUT2D eigenvalue weighted by Crippen LogP contribution is -2.35. The molecular formula is C21H20ClN3O4. The van der Waals surface area contributed by atoms with Crippen LogP contribution in [-0.2, 0) is 20.8 Å². The Bertz CT molecular complexity index is 919. The number of carbonyl (C=O) groups excluding carboxylic acids is 2. The van der Waals surface area contributed by atoms with Crippen LogP contribution in [-0.4, -0.2) is 49.7 Å². The Kier molecular flexibility index (Phi) is 7.19. The summed E-state index contributed by atoms with van der Waals surface area (Å²) in [5, 5.41) is 11.7. The Hall–Kier alpha value is -2.92. The minimum absolute atomic E-state index is 0.236. The van der Waals surface area contributed by atoms with Crippen LogP contribution in [0.2, 0.25) is 5.02 Å². The van der Waals surface area contributed by atoms with Crippen molar-refractivity contribution in [3.8, 4) is 6.07 Å². The van der Waals surface area contributed by atoms with Crippen LogP contribution < -0.4 is 5.32 Å². The zero-order valence-electron chi connectivity index (χ0n) is 15.7. The van der Waals surface area contributed by atoms with E-state index in [-0.39, 0.29) is 5.02 Å². The molecule has 1 fully saturated rings. The van der Waals surface area contributed by atoms with E-state index in [0.29, 0.717) is 16.8 Å². The molecule has 7 nitrogen and oxygen atoms in total. The van der Waals surface area contributed by atoms with E-state index in [0.717, 1.165) is 38.4 Å². The maximum atomic E-state index is 12.2. The Morgan fingerprint density at radius 2 is 1.90 bits per heavy atom. The number of morpholine rings is 1. The number of esters is 1. The molecule has 150 valence electrons. The molecule has 0 atom stereocenters. The highest BCUT2D eigenvalue weighted by Gasteiger charge is 2.13. The fraction of sp³-hybridized carbons (Fsp3) is 0.286. The van der Waals surface area contributed by atoms with Crippen molar-refractivity contribution >= 4 is 29.2 Å². The second-order valence-corrected chi connectivity index (χ2v) is 6.92. The van der Waals surface area contributed by atoms with Gasteiger partial charge in [-0.15, -0.1) is 0 Å². The van der Waals surface area contributed by atoms with E-state index in [4.69, 9.17) is 26.3 Å². The van der Waals surface area contributed by atoms with Gasteiger partial charge in [0, 0.05) is 25.3 Å². The van der Waals surface area contributed by atoms with Crippen molar-refractivity contribution in [3.63, 3.8) is 0 Å². The number of nitrogens with zero attached hydrogens (tertiary/aromatic N) is 2. The van der Waals surface area contributed by atoms with Crippen LogP contribution in [0.4, 0.5) is 5.69 Å². The number of hydrogen-bond donors (Lipinski definition) is 1. The van der Waals surface area contributed by atoms with Gasteiger partial charge in [0.2, 0.25) is 0 Å². The van der Waals surface area contributed by atoms with Gasteiger partial charge < -0.3 is 14.8 Å². The number of rotatable bonds is 6. The van der Waals surface area contributed by atoms with Crippen molar-refractivity contribution in [1.82, 2.24) is 4.90 Å². The molecule has 0 saturated carbocycles. The smallest absolute Gasteiger partial charge is 0.338 e. The molecule has 2 aromatic rings. The molecule has 0 bridgehead atoms. The molecule has 0 radical (unpaired) electrons. The van der Waals surface area contributed by atoms with Gasteiger partial charge >= 0.3 is 5.97 Å².